The summed E-state index contributed by atoms with van der Waals surface area (Å²) in [5.41, 5.74) is 3.36. The van der Waals surface area contributed by atoms with Gasteiger partial charge in [-0.25, -0.2) is 5.43 Å². The maximum absolute atomic E-state index is 11.9. The number of benzene rings is 2. The van der Waals surface area contributed by atoms with Crippen LogP contribution in [0.25, 0.3) is 0 Å². The largest absolute Gasteiger partial charge is 0.508 e. The Morgan fingerprint density at radius 1 is 1.17 bits per heavy atom. The number of hydrogen-bond donors (Lipinski definition) is 3. The van der Waals surface area contributed by atoms with Crippen LogP contribution < -0.4 is 15.5 Å². The Hall–Kier alpha value is -3.35. The van der Waals surface area contributed by atoms with Crippen LogP contribution in [0, 0.1) is 0 Å². The molecule has 0 atom stereocenters. The summed E-state index contributed by atoms with van der Waals surface area (Å²) in [6, 6.07) is 13.3. The van der Waals surface area contributed by atoms with Crippen molar-refractivity contribution < 1.29 is 19.4 Å². The van der Waals surface area contributed by atoms with Crippen LogP contribution in [0.2, 0.25) is 0 Å². The van der Waals surface area contributed by atoms with E-state index in [4.69, 9.17) is 4.74 Å². The van der Waals surface area contributed by atoms with Crippen LogP contribution in [0.3, 0.4) is 0 Å². The van der Waals surface area contributed by atoms with Crippen molar-refractivity contribution in [1.29, 1.82) is 0 Å². The van der Waals surface area contributed by atoms with E-state index >= 15 is 0 Å². The number of methoxy groups -OCH3 is 1. The van der Waals surface area contributed by atoms with Gasteiger partial charge in [-0.1, -0.05) is 24.3 Å². The summed E-state index contributed by atoms with van der Waals surface area (Å²) in [6.45, 7) is 0. The topological polar surface area (TPSA) is 100 Å². The SMILES string of the molecule is COc1ccccc1NC(=O)CC(=O)NN=Cc1cccc(O)c1. The lowest BCUT2D eigenvalue weighted by Crippen LogP contribution is -2.24. The van der Waals surface area contributed by atoms with Crippen LogP contribution in [0.15, 0.2) is 53.6 Å². The number of aromatic hydroxyl groups is 1. The van der Waals surface area contributed by atoms with Gasteiger partial charge >= 0.3 is 0 Å². The number of para-hydroxylation sites is 2. The summed E-state index contributed by atoms with van der Waals surface area (Å²) in [4.78, 5) is 23.5. The Morgan fingerprint density at radius 2 is 1.96 bits per heavy atom. The molecule has 7 nitrogen and oxygen atoms in total. The third-order valence-corrected chi connectivity index (χ3v) is 2.98. The number of nitrogens with one attached hydrogen (secondary N) is 2. The van der Waals surface area contributed by atoms with Crippen LogP contribution in [-0.4, -0.2) is 30.2 Å². The van der Waals surface area contributed by atoms with Crippen molar-refractivity contribution in [2.45, 2.75) is 6.42 Å². The molecule has 0 aliphatic heterocycles. The van der Waals surface area contributed by atoms with E-state index in [0.717, 1.165) is 0 Å². The first-order chi connectivity index (χ1) is 11.6. The van der Waals surface area contributed by atoms with Crippen molar-refractivity contribution in [1.82, 2.24) is 5.43 Å². The normalized spacial score (nSPS) is 10.4. The molecule has 2 aromatic rings. The van der Waals surface area contributed by atoms with E-state index in [-0.39, 0.29) is 12.2 Å². The zero-order chi connectivity index (χ0) is 17.4. The molecule has 0 bridgehead atoms. The molecule has 0 heterocycles. The molecular formula is C17H17N3O4. The Kier molecular flexibility index (Phi) is 5.90. The molecule has 0 aliphatic rings. The highest BCUT2D eigenvalue weighted by Gasteiger charge is 2.11. The maximum atomic E-state index is 11.9. The Labute approximate surface area is 139 Å². The lowest BCUT2D eigenvalue weighted by atomic mass is 10.2. The molecule has 2 aromatic carbocycles. The molecule has 0 aliphatic carbocycles. The molecule has 0 saturated carbocycles. The number of amides is 2. The number of hydrazone groups is 1. The van der Waals surface area contributed by atoms with Gasteiger partial charge in [-0.2, -0.15) is 5.10 Å². The second-order valence-corrected chi connectivity index (χ2v) is 4.81. The highest BCUT2D eigenvalue weighted by molar-refractivity contribution is 6.04. The second kappa shape index (κ2) is 8.33. The van der Waals surface area contributed by atoms with Gasteiger partial charge in [0, 0.05) is 0 Å². The van der Waals surface area contributed by atoms with Gasteiger partial charge < -0.3 is 15.2 Å². The molecular weight excluding hydrogens is 310 g/mol. The van der Waals surface area contributed by atoms with E-state index in [1.54, 1.807) is 36.4 Å². The van der Waals surface area contributed by atoms with Crippen LogP contribution in [0.4, 0.5) is 5.69 Å². The van der Waals surface area contributed by atoms with Gasteiger partial charge in [0.1, 0.15) is 17.9 Å². The predicted molar refractivity (Wildman–Crippen MR) is 90.1 cm³/mol. The minimum atomic E-state index is -0.557. The fourth-order valence-electron chi connectivity index (χ4n) is 1.91. The number of phenolic OH excluding ortho intramolecular Hbond substituents is 1. The molecule has 2 amide bonds. The summed E-state index contributed by atoms with van der Waals surface area (Å²) in [5, 5.41) is 15.6. The van der Waals surface area contributed by atoms with Crippen LogP contribution in [-0.2, 0) is 9.59 Å². The first kappa shape index (κ1) is 17.0. The monoisotopic (exact) mass is 327 g/mol. The molecule has 0 spiro atoms. The third-order valence-electron chi connectivity index (χ3n) is 2.98. The minimum absolute atomic E-state index is 0.0986. The smallest absolute Gasteiger partial charge is 0.249 e. The maximum Gasteiger partial charge on any atom is 0.249 e. The Bertz CT molecular complexity index is 759. The van der Waals surface area contributed by atoms with Gasteiger partial charge in [0.05, 0.1) is 19.0 Å². The van der Waals surface area contributed by atoms with Crippen molar-refractivity contribution in [3.8, 4) is 11.5 Å². The summed E-state index contributed by atoms with van der Waals surface area (Å²) in [7, 11) is 1.49. The highest BCUT2D eigenvalue weighted by Crippen LogP contribution is 2.22. The Morgan fingerprint density at radius 3 is 2.71 bits per heavy atom. The zero-order valence-corrected chi connectivity index (χ0v) is 13.0. The van der Waals surface area contributed by atoms with E-state index in [1.165, 1.54) is 25.5 Å². The number of ether oxygens (including phenoxy) is 1. The molecule has 24 heavy (non-hydrogen) atoms. The van der Waals surface area contributed by atoms with Crippen molar-refractivity contribution in [2.75, 3.05) is 12.4 Å². The van der Waals surface area contributed by atoms with Crippen molar-refractivity contribution in [3.63, 3.8) is 0 Å². The Balaban J connectivity index is 1.84. The quantitative estimate of drug-likeness (QED) is 0.428. The number of nitrogens with zero attached hydrogens (tertiary/aromatic N) is 1. The lowest BCUT2D eigenvalue weighted by molar-refractivity contribution is -0.126. The molecule has 0 unspecified atom stereocenters. The third kappa shape index (κ3) is 5.13. The van der Waals surface area contributed by atoms with Gasteiger partial charge in [0.15, 0.2) is 0 Å². The number of rotatable bonds is 6. The molecule has 124 valence electrons. The molecule has 0 radical (unpaired) electrons. The van der Waals surface area contributed by atoms with E-state index in [2.05, 4.69) is 15.8 Å². The predicted octanol–water partition coefficient (Wildman–Crippen LogP) is 1.88. The number of carbonyl (C=O) groups is 2. The molecule has 0 fully saturated rings. The van der Waals surface area contributed by atoms with Gasteiger partial charge in [-0.3, -0.25) is 9.59 Å². The van der Waals surface area contributed by atoms with Crippen molar-refractivity contribution >= 4 is 23.7 Å². The summed E-state index contributed by atoms with van der Waals surface area (Å²) in [5.74, 6) is -0.432. The fourth-order valence-corrected chi connectivity index (χ4v) is 1.91. The zero-order valence-electron chi connectivity index (χ0n) is 13.0. The highest BCUT2D eigenvalue weighted by atomic mass is 16.5. The van der Waals surface area contributed by atoms with E-state index < -0.39 is 11.8 Å². The second-order valence-electron chi connectivity index (χ2n) is 4.81. The van der Waals surface area contributed by atoms with Crippen molar-refractivity contribution in [3.05, 3.63) is 54.1 Å². The molecule has 3 N–H and O–H groups in total. The van der Waals surface area contributed by atoms with E-state index in [0.29, 0.717) is 17.0 Å². The average Bonchev–Trinajstić information content (AvgIpc) is 2.55. The minimum Gasteiger partial charge on any atom is -0.508 e. The van der Waals surface area contributed by atoms with E-state index in [1.807, 2.05) is 0 Å². The van der Waals surface area contributed by atoms with Crippen molar-refractivity contribution in [2.24, 2.45) is 5.10 Å². The first-order valence-electron chi connectivity index (χ1n) is 7.12. The van der Waals surface area contributed by atoms with Crippen LogP contribution in [0.1, 0.15) is 12.0 Å². The number of hydrogen-bond acceptors (Lipinski definition) is 5. The molecule has 7 heteroatoms. The molecule has 2 rings (SSSR count). The average molecular weight is 327 g/mol. The summed E-state index contributed by atoms with van der Waals surface area (Å²) in [6.07, 6.45) is 0.991. The number of anilines is 1. The molecule has 0 aromatic heterocycles. The summed E-state index contributed by atoms with van der Waals surface area (Å²) < 4.78 is 5.12. The van der Waals surface area contributed by atoms with E-state index in [9.17, 15) is 14.7 Å². The van der Waals surface area contributed by atoms with Gasteiger partial charge in [0.25, 0.3) is 0 Å². The fraction of sp³-hybridized carbons (Fsp3) is 0.118. The van der Waals surface area contributed by atoms with Crippen LogP contribution >= 0.6 is 0 Å². The standard InChI is InChI=1S/C17H17N3O4/c1-24-15-8-3-2-7-14(15)19-16(22)10-17(23)20-18-11-12-5-4-6-13(21)9-12/h2-9,11,21H,10H2,1H3,(H,19,22)(H,20,23). The van der Waals surface area contributed by atoms with Crippen LogP contribution in [0.5, 0.6) is 11.5 Å². The van der Waals surface area contributed by atoms with Gasteiger partial charge in [-0.05, 0) is 29.8 Å². The lowest BCUT2D eigenvalue weighted by Gasteiger charge is -2.09. The number of phenols is 1. The number of carbonyl (C=O) groups excluding carboxylic acids is 2. The molecule has 0 saturated heterocycles. The van der Waals surface area contributed by atoms with Gasteiger partial charge in [-0.15, -0.1) is 0 Å². The summed E-state index contributed by atoms with van der Waals surface area (Å²) >= 11 is 0. The van der Waals surface area contributed by atoms with Gasteiger partial charge in [0.2, 0.25) is 11.8 Å². The first-order valence-corrected chi connectivity index (χ1v) is 7.12.